The molecular weight excluding hydrogens is 416 g/mol. The van der Waals surface area contributed by atoms with Gasteiger partial charge in [-0.3, -0.25) is 14.2 Å². The van der Waals surface area contributed by atoms with E-state index in [2.05, 4.69) is 5.32 Å². The Labute approximate surface area is 180 Å². The van der Waals surface area contributed by atoms with Crippen molar-refractivity contribution < 1.29 is 19.8 Å². The maximum Gasteiger partial charge on any atom is 0.341 e. The monoisotopic (exact) mass is 434 g/mol. The summed E-state index contributed by atoms with van der Waals surface area (Å²) in [5, 5.41) is 24.1. The Hall–Kier alpha value is -3.91. The van der Waals surface area contributed by atoms with Gasteiger partial charge in [0.2, 0.25) is 5.91 Å². The van der Waals surface area contributed by atoms with Crippen LogP contribution in [-0.2, 0) is 11.3 Å². The topological polar surface area (TPSA) is 109 Å². The Bertz CT molecular complexity index is 1390. The van der Waals surface area contributed by atoms with Crippen LogP contribution in [0.5, 0.6) is 5.75 Å². The Balaban J connectivity index is 1.75. The molecule has 2 heterocycles. The number of pyridine rings is 1. The minimum atomic E-state index is -1.34. The smallest absolute Gasteiger partial charge is 0.341 e. The molecule has 0 aliphatic rings. The second kappa shape index (κ2) is 8.08. The number of nitrogens with one attached hydrogen (secondary N) is 1. The number of fused-ring (bicyclic) bond motifs is 1. The fraction of sp³-hybridized carbons (Fsp3) is 0.0870. The number of benzene rings is 2. The van der Waals surface area contributed by atoms with Gasteiger partial charge in [-0.25, -0.2) is 4.79 Å². The van der Waals surface area contributed by atoms with Crippen LogP contribution in [0.15, 0.2) is 64.8 Å². The van der Waals surface area contributed by atoms with Gasteiger partial charge >= 0.3 is 5.97 Å². The van der Waals surface area contributed by atoms with Crippen LogP contribution < -0.4 is 10.9 Å². The third-order valence-electron chi connectivity index (χ3n) is 4.84. The molecule has 1 amide bonds. The van der Waals surface area contributed by atoms with Crippen LogP contribution in [0.3, 0.4) is 0 Å². The third-order valence-corrected chi connectivity index (χ3v) is 5.77. The summed E-state index contributed by atoms with van der Waals surface area (Å²) in [6, 6.07) is 16.6. The largest absolute Gasteiger partial charge is 0.502 e. The number of carboxylic acids is 1. The van der Waals surface area contributed by atoms with E-state index in [9.17, 15) is 24.6 Å². The van der Waals surface area contributed by atoms with Crippen LogP contribution in [0, 0.1) is 0 Å². The van der Waals surface area contributed by atoms with Crippen molar-refractivity contribution in [2.45, 2.75) is 13.5 Å². The van der Waals surface area contributed by atoms with Crippen molar-refractivity contribution in [1.82, 2.24) is 4.57 Å². The van der Waals surface area contributed by atoms with Crippen LogP contribution in [0.1, 0.15) is 22.8 Å². The number of anilines is 1. The van der Waals surface area contributed by atoms with E-state index in [4.69, 9.17) is 0 Å². The van der Waals surface area contributed by atoms with Gasteiger partial charge in [-0.2, -0.15) is 0 Å². The van der Waals surface area contributed by atoms with Crippen molar-refractivity contribution >= 4 is 39.1 Å². The minimum absolute atomic E-state index is 0.158. The summed E-state index contributed by atoms with van der Waals surface area (Å²) in [7, 11) is 0. The molecule has 0 saturated heterocycles. The molecule has 2 aromatic carbocycles. The zero-order valence-corrected chi connectivity index (χ0v) is 17.3. The first-order valence-electron chi connectivity index (χ1n) is 9.38. The molecule has 0 saturated carbocycles. The lowest BCUT2D eigenvalue weighted by molar-refractivity contribution is -0.114. The predicted octanol–water partition coefficient (Wildman–Crippen LogP) is 4.14. The summed E-state index contributed by atoms with van der Waals surface area (Å²) >= 11 is 1.16. The number of carbonyl (C=O) groups is 2. The van der Waals surface area contributed by atoms with Crippen molar-refractivity contribution in [3.8, 4) is 16.9 Å². The van der Waals surface area contributed by atoms with E-state index in [0.717, 1.165) is 28.0 Å². The minimum Gasteiger partial charge on any atom is -0.502 e. The van der Waals surface area contributed by atoms with E-state index < -0.39 is 17.3 Å². The van der Waals surface area contributed by atoms with Crippen molar-refractivity contribution in [3.05, 3.63) is 81.5 Å². The normalized spacial score (nSPS) is 10.9. The van der Waals surface area contributed by atoms with E-state index >= 15 is 0 Å². The summed E-state index contributed by atoms with van der Waals surface area (Å²) < 4.78 is 1.73. The van der Waals surface area contributed by atoms with E-state index in [0.29, 0.717) is 15.9 Å². The molecule has 4 rings (SSSR count). The van der Waals surface area contributed by atoms with Gasteiger partial charge in [0.05, 0.1) is 16.8 Å². The number of carboxylic acid groups (broad SMARTS) is 1. The number of aromatic hydroxyl groups is 1. The van der Waals surface area contributed by atoms with Gasteiger partial charge < -0.3 is 15.5 Å². The maximum absolute atomic E-state index is 12.7. The molecule has 0 bridgehead atoms. The van der Waals surface area contributed by atoms with Crippen molar-refractivity contribution in [3.63, 3.8) is 0 Å². The highest BCUT2D eigenvalue weighted by atomic mass is 32.1. The first kappa shape index (κ1) is 20.4. The Morgan fingerprint density at radius 1 is 1.06 bits per heavy atom. The standard InChI is InChI=1S/C23H18N2O5S/c1-13(26)24-17-7-3-6-16(11-17)15-5-2-4-14(10-15)12-25-18-8-9-31-21(18)19(23(29)30)20(27)22(25)28/h2-11,27H,12H2,1H3,(H,24,26)(H,29,30). The van der Waals surface area contributed by atoms with Crippen LogP contribution in [0.4, 0.5) is 5.69 Å². The average Bonchev–Trinajstić information content (AvgIpc) is 3.20. The molecule has 3 N–H and O–H groups in total. The number of aromatic carboxylic acids is 1. The highest BCUT2D eigenvalue weighted by molar-refractivity contribution is 7.17. The average molecular weight is 434 g/mol. The Morgan fingerprint density at radius 2 is 1.77 bits per heavy atom. The molecule has 4 aromatic rings. The lowest BCUT2D eigenvalue weighted by Gasteiger charge is -2.12. The summed E-state index contributed by atoms with van der Waals surface area (Å²) in [4.78, 5) is 35.6. The van der Waals surface area contributed by atoms with Crippen LogP contribution in [0.25, 0.3) is 21.3 Å². The van der Waals surface area contributed by atoms with E-state index in [-0.39, 0.29) is 18.0 Å². The zero-order valence-electron chi connectivity index (χ0n) is 16.5. The van der Waals surface area contributed by atoms with Crippen LogP contribution >= 0.6 is 11.3 Å². The molecule has 0 unspecified atom stereocenters. The quantitative estimate of drug-likeness (QED) is 0.437. The number of hydrogen-bond acceptors (Lipinski definition) is 5. The highest BCUT2D eigenvalue weighted by Gasteiger charge is 2.22. The number of rotatable bonds is 5. The molecule has 0 fully saturated rings. The number of carbonyl (C=O) groups excluding carboxylic acids is 1. The van der Waals surface area contributed by atoms with Gasteiger partial charge in [0.15, 0.2) is 5.75 Å². The van der Waals surface area contributed by atoms with Crippen molar-refractivity contribution in [2.24, 2.45) is 0 Å². The number of amides is 1. The molecule has 0 spiro atoms. The SMILES string of the molecule is CC(=O)Nc1cccc(-c2cccc(Cn3c(=O)c(O)c(C(=O)O)c4sccc43)c2)c1. The van der Waals surface area contributed by atoms with Gasteiger partial charge in [-0.15, -0.1) is 11.3 Å². The summed E-state index contributed by atoms with van der Waals surface area (Å²) in [6.07, 6.45) is 0. The summed E-state index contributed by atoms with van der Waals surface area (Å²) in [5.41, 5.74) is 2.62. The van der Waals surface area contributed by atoms with Crippen LogP contribution in [0.2, 0.25) is 0 Å². The molecule has 156 valence electrons. The second-order valence-electron chi connectivity index (χ2n) is 7.02. The molecule has 31 heavy (non-hydrogen) atoms. The highest BCUT2D eigenvalue weighted by Crippen LogP contribution is 2.30. The molecule has 7 nitrogen and oxygen atoms in total. The van der Waals surface area contributed by atoms with Gasteiger partial charge in [-0.05, 0) is 46.3 Å². The van der Waals surface area contributed by atoms with Gasteiger partial charge in [0, 0.05) is 12.6 Å². The third kappa shape index (κ3) is 3.93. The first-order valence-corrected chi connectivity index (χ1v) is 10.3. The number of thiophene rings is 1. The summed E-state index contributed by atoms with van der Waals surface area (Å²) in [6.45, 7) is 1.61. The molecule has 8 heteroatoms. The van der Waals surface area contributed by atoms with Gasteiger partial charge in [0.25, 0.3) is 5.56 Å². The molecule has 0 aliphatic carbocycles. The van der Waals surface area contributed by atoms with E-state index in [1.807, 2.05) is 42.5 Å². The van der Waals surface area contributed by atoms with Gasteiger partial charge in [-0.1, -0.05) is 30.3 Å². The molecule has 0 aliphatic heterocycles. The van der Waals surface area contributed by atoms with Crippen LogP contribution in [-0.4, -0.2) is 26.7 Å². The number of nitrogens with zero attached hydrogens (tertiary/aromatic N) is 1. The Morgan fingerprint density at radius 3 is 2.48 bits per heavy atom. The molecule has 0 radical (unpaired) electrons. The molecular formula is C23H18N2O5S. The van der Waals surface area contributed by atoms with E-state index in [1.165, 1.54) is 11.5 Å². The van der Waals surface area contributed by atoms with Gasteiger partial charge in [0.1, 0.15) is 5.56 Å². The van der Waals surface area contributed by atoms with Crippen molar-refractivity contribution in [2.75, 3.05) is 5.32 Å². The zero-order chi connectivity index (χ0) is 22.1. The van der Waals surface area contributed by atoms with Crippen molar-refractivity contribution in [1.29, 1.82) is 0 Å². The predicted molar refractivity (Wildman–Crippen MR) is 120 cm³/mol. The summed E-state index contributed by atoms with van der Waals surface area (Å²) in [5.74, 6) is -2.26. The fourth-order valence-electron chi connectivity index (χ4n) is 3.52. The Kier molecular flexibility index (Phi) is 5.31. The molecule has 2 aromatic heterocycles. The number of aromatic nitrogens is 1. The number of hydrogen-bond donors (Lipinski definition) is 3. The first-order chi connectivity index (χ1) is 14.8. The lowest BCUT2D eigenvalue weighted by atomic mass is 10.0. The van der Waals surface area contributed by atoms with E-state index in [1.54, 1.807) is 17.5 Å². The fourth-order valence-corrected chi connectivity index (χ4v) is 4.45. The second-order valence-corrected chi connectivity index (χ2v) is 7.93. The maximum atomic E-state index is 12.7. The lowest BCUT2D eigenvalue weighted by Crippen LogP contribution is -2.22. The molecule has 0 atom stereocenters.